The number of nitrogens with zero attached hydrogens (tertiary/aromatic N) is 3. The predicted molar refractivity (Wildman–Crippen MR) is 273 cm³/mol. The molecule has 2 saturated heterocycles. The Morgan fingerprint density at radius 1 is 1.19 bits per heavy atom. The number of hydrogen-bond acceptors (Lipinski definition) is 15. The van der Waals surface area contributed by atoms with Gasteiger partial charge in [0.25, 0.3) is 0 Å². The number of methoxy groups -OCH3 is 2. The number of benzene rings is 2. The number of nitrogens with two attached hydrogens (primary N) is 1. The second kappa shape index (κ2) is 22.7. The Hall–Kier alpha value is -4.79. The van der Waals surface area contributed by atoms with Crippen molar-refractivity contribution < 1.29 is 52.8 Å². The highest BCUT2D eigenvalue weighted by molar-refractivity contribution is 8.77. The zero-order chi connectivity index (χ0) is 51.3. The number of alkyl carbamates (subject to hydrolysis) is 1. The number of nitrogens with one attached hydrogen (secondary N) is 2. The number of rotatable bonds is 13. The third kappa shape index (κ3) is 13.0. The SMILES string of the molecule is COc1cc2cc(c1Cl)N(C)C(=O)C[C@H](OC(=O)[C@H](C)N(C)C(=O)CCSSC(C)(C)CC(=O)N/N=C1/CCCc3cc(N)ccc31)[C@]1(C)O[C@H]1[C@H](C)[C@@H]1C[C@@](O)(NC(=O)O1)[C@H](OC)/C=C/C=C(\C)C2. The van der Waals surface area contributed by atoms with E-state index in [2.05, 4.69) is 15.8 Å². The molecule has 8 atom stereocenters. The molecule has 2 aromatic carbocycles. The summed E-state index contributed by atoms with van der Waals surface area (Å²) in [5.74, 6) is -1.57. The number of nitrogen functional groups attached to an aromatic ring is 1. The third-order valence-electron chi connectivity index (χ3n) is 13.4. The number of halogens is 1. The normalized spacial score (nSPS) is 28.2. The van der Waals surface area contributed by atoms with Gasteiger partial charge in [-0.3, -0.25) is 19.7 Å². The number of hydrazone groups is 1. The van der Waals surface area contributed by atoms with Gasteiger partial charge in [0.1, 0.15) is 40.7 Å². The summed E-state index contributed by atoms with van der Waals surface area (Å²) in [5.41, 5.74) is 11.3. The Balaban J connectivity index is 1.13. The van der Waals surface area contributed by atoms with Crippen LogP contribution in [0.15, 0.2) is 59.2 Å². The van der Waals surface area contributed by atoms with Crippen LogP contribution in [0, 0.1) is 5.92 Å². The molecule has 4 bridgehead atoms. The lowest BCUT2D eigenvalue weighted by Crippen LogP contribution is -2.63. The zero-order valence-corrected chi connectivity index (χ0v) is 44.0. The van der Waals surface area contributed by atoms with Crippen molar-refractivity contribution in [3.05, 3.63) is 75.8 Å². The first-order valence-corrected chi connectivity index (χ1v) is 26.1. The molecule has 3 heterocycles. The van der Waals surface area contributed by atoms with E-state index in [0.717, 1.165) is 47.2 Å². The lowest BCUT2D eigenvalue weighted by Gasteiger charge is -2.42. The Labute approximate surface area is 423 Å². The molecule has 0 spiro atoms. The van der Waals surface area contributed by atoms with E-state index in [9.17, 15) is 29.1 Å². The van der Waals surface area contributed by atoms with Crippen molar-refractivity contribution in [3.8, 4) is 5.75 Å². The van der Waals surface area contributed by atoms with Crippen LogP contribution in [0.4, 0.5) is 16.2 Å². The molecule has 3 aliphatic heterocycles. The highest BCUT2D eigenvalue weighted by Crippen LogP contribution is 2.49. The Bertz CT molecular complexity index is 2420. The number of epoxide rings is 1. The quantitative estimate of drug-likeness (QED) is 0.0401. The van der Waals surface area contributed by atoms with Crippen molar-refractivity contribution in [3.63, 3.8) is 0 Å². The molecular weight excluding hydrogens is 960 g/mol. The van der Waals surface area contributed by atoms with Crippen LogP contribution in [0.2, 0.25) is 5.02 Å². The molecule has 2 fully saturated rings. The number of carbonyl (C=O) groups excluding carboxylic acids is 5. The number of aryl methyl sites for hydroxylation is 1. The Kier molecular flexibility index (Phi) is 17.7. The summed E-state index contributed by atoms with van der Waals surface area (Å²) in [6.45, 7) is 10.9. The topological polar surface area (TPSA) is 224 Å². The molecule has 1 aliphatic carbocycles. The van der Waals surface area contributed by atoms with E-state index in [1.807, 2.05) is 45.0 Å². The van der Waals surface area contributed by atoms with Gasteiger partial charge in [-0.15, -0.1) is 0 Å². The van der Waals surface area contributed by atoms with Gasteiger partial charge in [-0.05, 0) is 95.7 Å². The van der Waals surface area contributed by atoms with Crippen LogP contribution in [0.25, 0.3) is 0 Å². The van der Waals surface area contributed by atoms with E-state index in [1.165, 1.54) is 52.7 Å². The van der Waals surface area contributed by atoms with Gasteiger partial charge in [0.15, 0.2) is 5.72 Å². The fourth-order valence-corrected chi connectivity index (χ4v) is 11.9. The van der Waals surface area contributed by atoms with Crippen molar-refractivity contribution >= 4 is 80.1 Å². The monoisotopic (exact) mass is 1030 g/mol. The largest absolute Gasteiger partial charge is 0.495 e. The molecule has 20 heteroatoms. The van der Waals surface area contributed by atoms with Gasteiger partial charge < -0.3 is 44.3 Å². The summed E-state index contributed by atoms with van der Waals surface area (Å²) in [5, 5.41) is 19.0. The Morgan fingerprint density at radius 3 is 2.64 bits per heavy atom. The number of likely N-dealkylation sites (N-methyl/N-ethyl adjacent to an activating group) is 1. The zero-order valence-electron chi connectivity index (χ0n) is 41.6. The summed E-state index contributed by atoms with van der Waals surface area (Å²) in [7, 11) is 8.93. The molecule has 70 heavy (non-hydrogen) atoms. The van der Waals surface area contributed by atoms with E-state index in [1.54, 1.807) is 52.1 Å². The first-order valence-electron chi connectivity index (χ1n) is 23.4. The van der Waals surface area contributed by atoms with Gasteiger partial charge in [-0.2, -0.15) is 5.10 Å². The molecular formula is C50H67ClN6O11S2. The lowest BCUT2D eigenvalue weighted by atomic mass is 9.83. The number of hydrogen-bond donors (Lipinski definition) is 4. The molecule has 5 N–H and O–H groups in total. The number of ether oxygens (including phenoxy) is 5. The smallest absolute Gasteiger partial charge is 0.409 e. The molecule has 0 saturated carbocycles. The maximum atomic E-state index is 14.4. The van der Waals surface area contributed by atoms with Gasteiger partial charge in [0.05, 0.1) is 31.0 Å². The van der Waals surface area contributed by atoms with Crippen LogP contribution in [0.5, 0.6) is 5.75 Å². The fraction of sp³-hybridized carbons (Fsp3) is 0.560. The van der Waals surface area contributed by atoms with E-state index < -0.39 is 70.4 Å². The van der Waals surface area contributed by atoms with E-state index in [-0.39, 0.29) is 42.5 Å². The van der Waals surface area contributed by atoms with E-state index in [4.69, 9.17) is 41.0 Å². The number of esters is 1. The van der Waals surface area contributed by atoms with Gasteiger partial charge in [-0.1, -0.05) is 70.0 Å². The Morgan fingerprint density at radius 2 is 1.93 bits per heavy atom. The van der Waals surface area contributed by atoms with E-state index in [0.29, 0.717) is 29.3 Å². The number of fused-ring (bicyclic) bond motifs is 6. The van der Waals surface area contributed by atoms with Crippen molar-refractivity contribution in [2.45, 2.75) is 139 Å². The average Bonchev–Trinajstić information content (AvgIpc) is 4.01. The second-order valence-corrected chi connectivity index (χ2v) is 22.9. The van der Waals surface area contributed by atoms with Gasteiger partial charge in [0, 0.05) is 68.1 Å². The highest BCUT2D eigenvalue weighted by Gasteiger charge is 2.64. The van der Waals surface area contributed by atoms with Crippen molar-refractivity contribution in [2.24, 2.45) is 11.0 Å². The molecule has 4 aliphatic rings. The molecule has 6 rings (SSSR count). The first-order chi connectivity index (χ1) is 33.0. The number of amides is 4. The molecule has 0 radical (unpaired) electrons. The van der Waals surface area contributed by atoms with Crippen molar-refractivity contribution in [2.75, 3.05) is 44.7 Å². The maximum Gasteiger partial charge on any atom is 0.409 e. The summed E-state index contributed by atoms with van der Waals surface area (Å²) in [4.78, 5) is 70.7. The summed E-state index contributed by atoms with van der Waals surface area (Å²) >= 11 is 6.82. The van der Waals surface area contributed by atoms with Gasteiger partial charge in [0.2, 0.25) is 17.7 Å². The first kappa shape index (κ1) is 54.5. The third-order valence-corrected chi connectivity index (χ3v) is 17.1. The van der Waals surface area contributed by atoms with Crippen molar-refractivity contribution in [1.82, 2.24) is 15.6 Å². The van der Waals surface area contributed by atoms with Crippen LogP contribution in [-0.4, -0.2) is 126 Å². The minimum atomic E-state index is -1.86. The summed E-state index contributed by atoms with van der Waals surface area (Å²) in [6, 6.07) is 8.25. The fourth-order valence-electron chi connectivity index (χ4n) is 9.11. The van der Waals surface area contributed by atoms with Crippen LogP contribution >= 0.6 is 33.2 Å². The van der Waals surface area contributed by atoms with Crippen LogP contribution in [-0.2, 0) is 51.0 Å². The maximum absolute atomic E-state index is 14.4. The summed E-state index contributed by atoms with van der Waals surface area (Å²) < 4.78 is 29.0. The van der Waals surface area contributed by atoms with E-state index >= 15 is 0 Å². The molecule has 0 aromatic heterocycles. The average molecular weight is 1030 g/mol. The lowest BCUT2D eigenvalue weighted by molar-refractivity contribution is -0.162. The molecule has 17 nitrogen and oxygen atoms in total. The van der Waals surface area contributed by atoms with Gasteiger partial charge >= 0.3 is 12.1 Å². The van der Waals surface area contributed by atoms with Gasteiger partial charge in [-0.25, -0.2) is 15.0 Å². The number of anilines is 2. The minimum Gasteiger partial charge on any atom is -0.495 e. The number of allylic oxidation sites excluding steroid dienone is 3. The number of aliphatic hydroxyl groups is 1. The predicted octanol–water partition coefficient (Wildman–Crippen LogP) is 6.89. The molecule has 4 amide bonds. The summed E-state index contributed by atoms with van der Waals surface area (Å²) in [6.07, 6.45) is 3.55. The minimum absolute atomic E-state index is 0.0757. The standard InChI is InChI=1S/C50H67ClN6O11S2/c1-28-13-11-16-39(65-10)50(63)26-38(66-47(62)53-50)29(2)45-49(6,68-45)40(25-43(60)57(8)36-22-31(21-28)23-37(64-9)44(36)51)67-46(61)30(3)56(7)42(59)19-20-69-70-48(4,5)27-41(58)55-54-35-15-12-14-32-24-33(52)17-18-34(32)35/h11,13,16-18,22-24,29-30,38-40,45,63H,12,14-15,19-21,25-27,52H2,1-10H3,(H,53,62)(H,55,58)/b16-11+,28-13+,54-35-/t29-,30+,38+,39-,40+,45+,49+,50+/m1/s1. The molecule has 0 unspecified atom stereocenters. The molecule has 2 aromatic rings. The van der Waals surface area contributed by atoms with Crippen LogP contribution < -0.4 is 26.1 Å². The second-order valence-electron chi connectivity index (χ2n) is 19.4. The van der Waals surface area contributed by atoms with Crippen LogP contribution in [0.1, 0.15) is 96.8 Å². The van der Waals surface area contributed by atoms with Crippen LogP contribution in [0.3, 0.4) is 0 Å². The molecule has 382 valence electrons. The highest BCUT2D eigenvalue weighted by atomic mass is 35.5. The van der Waals surface area contributed by atoms with Crippen molar-refractivity contribution in [1.29, 1.82) is 0 Å². The number of carbonyl (C=O) groups is 5.